The first-order chi connectivity index (χ1) is 17.8. The Kier molecular flexibility index (Phi) is 9.15. The first-order valence-electron chi connectivity index (χ1n) is 11.1. The molecule has 3 aromatic rings. The third-order valence-electron chi connectivity index (χ3n) is 5.39. The number of methoxy groups -OCH3 is 3. The minimum Gasteiger partial charge on any atom is -0.493 e. The molecule has 37 heavy (non-hydrogen) atoms. The van der Waals surface area contributed by atoms with Crippen molar-refractivity contribution < 1.29 is 23.8 Å². The molecule has 0 aliphatic heterocycles. The smallest absolute Gasteiger partial charge is 0.270 e. The highest BCUT2D eigenvalue weighted by atomic mass is 32.1. The highest BCUT2D eigenvalue weighted by Gasteiger charge is 2.21. The van der Waals surface area contributed by atoms with Crippen LogP contribution in [0.2, 0.25) is 0 Å². The molecular formula is C25H28N6O5S. The van der Waals surface area contributed by atoms with Gasteiger partial charge in [0, 0.05) is 17.4 Å². The number of hydrogen-bond acceptors (Lipinski definition) is 10. The van der Waals surface area contributed by atoms with Crippen LogP contribution in [-0.2, 0) is 4.79 Å². The first-order valence-corrected chi connectivity index (χ1v) is 11.9. The number of nitrogens with one attached hydrogen (secondary N) is 2. The molecule has 0 radical (unpaired) electrons. The molecular weight excluding hydrogens is 496 g/mol. The van der Waals surface area contributed by atoms with Gasteiger partial charge in [-0.15, -0.1) is 11.3 Å². The Morgan fingerprint density at radius 2 is 1.89 bits per heavy atom. The van der Waals surface area contributed by atoms with Gasteiger partial charge >= 0.3 is 0 Å². The van der Waals surface area contributed by atoms with Gasteiger partial charge in [0.15, 0.2) is 11.5 Å². The highest BCUT2D eigenvalue weighted by molar-refractivity contribution is 7.17. The van der Waals surface area contributed by atoms with Crippen molar-refractivity contribution in [1.82, 2.24) is 15.6 Å². The van der Waals surface area contributed by atoms with E-state index in [1.54, 1.807) is 29.5 Å². The van der Waals surface area contributed by atoms with Crippen LogP contribution in [0, 0.1) is 11.3 Å². The molecule has 0 aliphatic rings. The summed E-state index contributed by atoms with van der Waals surface area (Å²) in [5, 5.41) is 19.0. The zero-order valence-corrected chi connectivity index (χ0v) is 21.4. The molecule has 0 aliphatic carbocycles. The maximum Gasteiger partial charge on any atom is 0.270 e. The van der Waals surface area contributed by atoms with Crippen LogP contribution in [0.1, 0.15) is 22.0 Å². The largest absolute Gasteiger partial charge is 0.493 e. The molecule has 12 heteroatoms. The zero-order valence-electron chi connectivity index (χ0n) is 20.6. The quantitative estimate of drug-likeness (QED) is 0.167. The van der Waals surface area contributed by atoms with Gasteiger partial charge in [-0.25, -0.2) is 5.84 Å². The number of fused-ring (bicyclic) bond motifs is 1. The lowest BCUT2D eigenvalue weighted by atomic mass is 10.1. The van der Waals surface area contributed by atoms with Crippen LogP contribution in [0.4, 0.5) is 0 Å². The number of rotatable bonds is 11. The SMILES string of the molecule is COc1ccc(C(=O)NCCN(N)/C=C(\N)C(=O)NC(C#N)c2ccc3sccc3c2)c(OC)c1OC. The highest BCUT2D eigenvalue weighted by Crippen LogP contribution is 2.39. The van der Waals surface area contributed by atoms with Gasteiger partial charge in [0.05, 0.1) is 39.5 Å². The van der Waals surface area contributed by atoms with Gasteiger partial charge in [-0.3, -0.25) is 9.59 Å². The topological polar surface area (TPSA) is 165 Å². The van der Waals surface area contributed by atoms with E-state index in [9.17, 15) is 14.9 Å². The summed E-state index contributed by atoms with van der Waals surface area (Å²) in [4.78, 5) is 25.2. The summed E-state index contributed by atoms with van der Waals surface area (Å²) in [6.07, 6.45) is 1.23. The van der Waals surface area contributed by atoms with E-state index in [0.717, 1.165) is 10.1 Å². The Hall–Kier alpha value is -4.47. The second kappa shape index (κ2) is 12.5. The van der Waals surface area contributed by atoms with E-state index < -0.39 is 17.9 Å². The molecule has 0 saturated heterocycles. The van der Waals surface area contributed by atoms with Gasteiger partial charge in [0.25, 0.3) is 11.8 Å². The summed E-state index contributed by atoms with van der Waals surface area (Å²) in [5.74, 6) is 5.81. The summed E-state index contributed by atoms with van der Waals surface area (Å²) in [5.41, 5.74) is 6.59. The molecule has 3 rings (SSSR count). The van der Waals surface area contributed by atoms with Gasteiger partial charge in [-0.2, -0.15) is 5.26 Å². The normalized spacial score (nSPS) is 11.8. The number of carbonyl (C=O) groups excluding carboxylic acids is 2. The average molecular weight is 525 g/mol. The maximum absolute atomic E-state index is 12.7. The standard InChI is InChI=1S/C25H28N6O5S/c1-34-20-6-5-17(22(35-2)23(20)36-3)24(32)29-9-10-31(28)14-18(27)25(33)30-19(13-26)15-4-7-21-16(12-15)8-11-37-21/h4-8,11-12,14,19H,9-10,27-28H2,1-3H3,(H,29,32)(H,30,33)/b18-14-. The average Bonchev–Trinajstić information content (AvgIpc) is 3.38. The molecule has 2 aromatic carbocycles. The van der Waals surface area contributed by atoms with Crippen LogP contribution < -0.4 is 36.4 Å². The molecule has 6 N–H and O–H groups in total. The fraction of sp³-hybridized carbons (Fsp3) is 0.240. The molecule has 2 amide bonds. The third kappa shape index (κ3) is 6.40. The van der Waals surface area contributed by atoms with E-state index in [1.165, 1.54) is 32.5 Å². The second-order valence-electron chi connectivity index (χ2n) is 7.71. The zero-order chi connectivity index (χ0) is 26.9. The second-order valence-corrected chi connectivity index (χ2v) is 8.66. The summed E-state index contributed by atoms with van der Waals surface area (Å²) in [7, 11) is 4.35. The Balaban J connectivity index is 1.57. The molecule has 0 bridgehead atoms. The molecule has 11 nitrogen and oxygen atoms in total. The minimum absolute atomic E-state index is 0.139. The third-order valence-corrected chi connectivity index (χ3v) is 6.28. The van der Waals surface area contributed by atoms with E-state index in [2.05, 4.69) is 16.7 Å². The molecule has 194 valence electrons. The summed E-state index contributed by atoms with van der Waals surface area (Å²) in [6, 6.07) is 11.8. The predicted molar refractivity (Wildman–Crippen MR) is 140 cm³/mol. The van der Waals surface area contributed by atoms with Gasteiger partial charge in [0.1, 0.15) is 11.7 Å². The number of hydrazine groups is 1. The summed E-state index contributed by atoms with van der Waals surface area (Å²) < 4.78 is 16.9. The Morgan fingerprint density at radius 3 is 2.57 bits per heavy atom. The van der Waals surface area contributed by atoms with Gasteiger partial charge in [-0.05, 0) is 46.7 Å². The van der Waals surface area contributed by atoms with Gasteiger partial charge < -0.3 is 35.6 Å². The number of thiophene rings is 1. The Morgan fingerprint density at radius 1 is 1.14 bits per heavy atom. The van der Waals surface area contributed by atoms with E-state index in [-0.39, 0.29) is 30.1 Å². The lowest BCUT2D eigenvalue weighted by molar-refractivity contribution is -0.118. The Labute approximate surface area is 218 Å². The van der Waals surface area contributed by atoms with Crippen molar-refractivity contribution in [3.05, 3.63) is 64.8 Å². The van der Waals surface area contributed by atoms with E-state index in [4.69, 9.17) is 25.8 Å². The minimum atomic E-state index is -0.884. The van der Waals surface area contributed by atoms with Crippen molar-refractivity contribution >= 4 is 33.2 Å². The summed E-state index contributed by atoms with van der Waals surface area (Å²) >= 11 is 1.59. The fourth-order valence-electron chi connectivity index (χ4n) is 3.54. The maximum atomic E-state index is 12.7. The van der Waals surface area contributed by atoms with E-state index in [1.807, 2.05) is 23.6 Å². The van der Waals surface area contributed by atoms with Crippen LogP contribution in [-0.4, -0.2) is 51.2 Å². The van der Waals surface area contributed by atoms with Crippen LogP contribution in [0.15, 0.2) is 53.7 Å². The number of benzene rings is 2. The first kappa shape index (κ1) is 27.1. The molecule has 0 saturated carbocycles. The predicted octanol–water partition coefficient (Wildman–Crippen LogP) is 2.01. The fourth-order valence-corrected chi connectivity index (χ4v) is 4.32. The number of ether oxygens (including phenoxy) is 3. The van der Waals surface area contributed by atoms with Crippen molar-refractivity contribution in [2.24, 2.45) is 11.6 Å². The number of nitrogens with two attached hydrogens (primary N) is 2. The van der Waals surface area contributed by atoms with E-state index >= 15 is 0 Å². The van der Waals surface area contributed by atoms with Crippen molar-refractivity contribution in [3.63, 3.8) is 0 Å². The van der Waals surface area contributed by atoms with Gasteiger partial charge in [-0.1, -0.05) is 6.07 Å². The number of nitriles is 1. The van der Waals surface area contributed by atoms with Crippen LogP contribution in [0.5, 0.6) is 17.2 Å². The molecule has 1 heterocycles. The lowest BCUT2D eigenvalue weighted by Crippen LogP contribution is -2.38. The van der Waals surface area contributed by atoms with E-state index in [0.29, 0.717) is 17.1 Å². The number of amides is 2. The number of hydrogen-bond donors (Lipinski definition) is 4. The monoisotopic (exact) mass is 524 g/mol. The van der Waals surface area contributed by atoms with Gasteiger partial charge in [0.2, 0.25) is 5.75 Å². The van der Waals surface area contributed by atoms with Crippen LogP contribution in [0.25, 0.3) is 10.1 Å². The molecule has 0 spiro atoms. The summed E-state index contributed by atoms with van der Waals surface area (Å²) in [6.45, 7) is 0.283. The van der Waals surface area contributed by atoms with Crippen molar-refractivity contribution in [3.8, 4) is 23.3 Å². The van der Waals surface area contributed by atoms with Crippen molar-refractivity contribution in [2.75, 3.05) is 34.4 Å². The molecule has 1 unspecified atom stereocenters. The van der Waals surface area contributed by atoms with Crippen LogP contribution in [0.3, 0.4) is 0 Å². The van der Waals surface area contributed by atoms with Crippen molar-refractivity contribution in [1.29, 1.82) is 5.26 Å². The Bertz CT molecular complexity index is 1350. The molecule has 1 atom stereocenters. The molecule has 1 aromatic heterocycles. The number of carbonyl (C=O) groups is 2. The number of nitrogens with zero attached hydrogens (tertiary/aromatic N) is 2. The van der Waals surface area contributed by atoms with Crippen molar-refractivity contribution in [2.45, 2.75) is 6.04 Å². The lowest BCUT2D eigenvalue weighted by Gasteiger charge is -2.18. The van der Waals surface area contributed by atoms with Crippen LogP contribution >= 0.6 is 11.3 Å². The molecule has 0 fully saturated rings.